The summed E-state index contributed by atoms with van der Waals surface area (Å²) in [6.07, 6.45) is 1.88. The van der Waals surface area contributed by atoms with E-state index in [1.165, 1.54) is 18.2 Å². The Morgan fingerprint density at radius 2 is 2.10 bits per heavy atom. The Balaban J connectivity index is 2.06. The Labute approximate surface area is 123 Å². The third kappa shape index (κ3) is 3.49. The van der Waals surface area contributed by atoms with E-state index in [-0.39, 0.29) is 16.3 Å². The summed E-state index contributed by atoms with van der Waals surface area (Å²) in [4.78, 5) is 14.0. The van der Waals surface area contributed by atoms with E-state index in [2.05, 4.69) is 6.92 Å². The number of carbonyl (C=O) groups is 1. The van der Waals surface area contributed by atoms with E-state index in [1.54, 1.807) is 11.9 Å². The zero-order valence-electron chi connectivity index (χ0n) is 11.8. The summed E-state index contributed by atoms with van der Waals surface area (Å²) in [5.74, 6) is -0.651. The fraction of sp³-hybridized carbons (Fsp3) is 0.533. The van der Waals surface area contributed by atoms with Crippen LogP contribution in [0.5, 0.6) is 0 Å². The van der Waals surface area contributed by atoms with Gasteiger partial charge >= 0.3 is 0 Å². The van der Waals surface area contributed by atoms with Crippen LogP contribution in [0.3, 0.4) is 0 Å². The molecule has 1 heterocycles. The van der Waals surface area contributed by atoms with E-state index in [0.717, 1.165) is 26.1 Å². The first-order chi connectivity index (χ1) is 9.41. The van der Waals surface area contributed by atoms with Gasteiger partial charge in [0.15, 0.2) is 0 Å². The minimum absolute atomic E-state index is 0.0264. The SMILES string of the molecule is CN(CC1(C)CCOCC1)C(=O)c1ccc(F)c(Cl)c1. The quantitative estimate of drug-likeness (QED) is 0.856. The van der Waals surface area contributed by atoms with E-state index in [9.17, 15) is 9.18 Å². The Morgan fingerprint density at radius 3 is 2.70 bits per heavy atom. The molecule has 3 nitrogen and oxygen atoms in total. The standard InChI is InChI=1S/C15H19ClFNO2/c1-15(5-7-20-8-6-15)10-18(2)14(19)11-3-4-13(17)12(16)9-11/h3-4,9H,5-8,10H2,1-2H3. The van der Waals surface area contributed by atoms with Crippen LogP contribution in [-0.4, -0.2) is 37.6 Å². The Kier molecular flexibility index (Phi) is 4.66. The predicted molar refractivity (Wildman–Crippen MR) is 76.5 cm³/mol. The van der Waals surface area contributed by atoms with E-state index in [4.69, 9.17) is 16.3 Å². The highest BCUT2D eigenvalue weighted by molar-refractivity contribution is 6.31. The molecule has 1 amide bonds. The minimum Gasteiger partial charge on any atom is -0.381 e. The van der Waals surface area contributed by atoms with E-state index in [0.29, 0.717) is 12.1 Å². The average Bonchev–Trinajstić information content (AvgIpc) is 2.41. The molecule has 1 saturated heterocycles. The highest BCUT2D eigenvalue weighted by atomic mass is 35.5. The third-order valence-corrected chi connectivity index (χ3v) is 4.12. The molecule has 1 aromatic rings. The summed E-state index contributed by atoms with van der Waals surface area (Å²) in [6.45, 7) is 4.29. The number of amides is 1. The van der Waals surface area contributed by atoms with Crippen LogP contribution in [0.1, 0.15) is 30.1 Å². The lowest BCUT2D eigenvalue weighted by atomic mass is 9.82. The van der Waals surface area contributed by atoms with Gasteiger partial charge in [-0.2, -0.15) is 0 Å². The van der Waals surface area contributed by atoms with Crippen LogP contribution < -0.4 is 0 Å². The molecule has 0 saturated carbocycles. The molecule has 0 bridgehead atoms. The number of halogens is 2. The molecule has 1 fully saturated rings. The van der Waals surface area contributed by atoms with Gasteiger partial charge < -0.3 is 9.64 Å². The molecule has 5 heteroatoms. The second-order valence-corrected chi connectivity index (χ2v) is 6.12. The van der Waals surface area contributed by atoms with Gasteiger partial charge in [0.2, 0.25) is 0 Å². The van der Waals surface area contributed by atoms with Crippen LogP contribution in [0.25, 0.3) is 0 Å². The summed E-state index contributed by atoms with van der Waals surface area (Å²) in [7, 11) is 1.76. The molecule has 0 aliphatic carbocycles. The molecule has 0 unspecified atom stereocenters. The average molecular weight is 300 g/mol. The molecule has 1 aliphatic rings. The summed E-state index contributed by atoms with van der Waals surface area (Å²) in [5, 5.41) is -0.0264. The maximum Gasteiger partial charge on any atom is 0.253 e. The van der Waals surface area contributed by atoms with Gasteiger partial charge in [-0.3, -0.25) is 4.79 Å². The Hall–Kier alpha value is -1.13. The van der Waals surface area contributed by atoms with Crippen molar-refractivity contribution in [2.24, 2.45) is 5.41 Å². The highest BCUT2D eigenvalue weighted by Gasteiger charge is 2.30. The molecular weight excluding hydrogens is 281 g/mol. The smallest absolute Gasteiger partial charge is 0.253 e. The van der Waals surface area contributed by atoms with Crippen LogP contribution in [0.4, 0.5) is 4.39 Å². The van der Waals surface area contributed by atoms with Crippen molar-refractivity contribution < 1.29 is 13.9 Å². The van der Waals surface area contributed by atoms with Crippen molar-refractivity contribution in [3.8, 4) is 0 Å². The highest BCUT2D eigenvalue weighted by Crippen LogP contribution is 2.30. The monoisotopic (exact) mass is 299 g/mol. The third-order valence-electron chi connectivity index (χ3n) is 3.83. The molecular formula is C15H19ClFNO2. The molecule has 0 spiro atoms. The number of ether oxygens (including phenoxy) is 1. The van der Waals surface area contributed by atoms with Crippen molar-refractivity contribution in [3.05, 3.63) is 34.6 Å². The zero-order chi connectivity index (χ0) is 14.8. The van der Waals surface area contributed by atoms with Crippen molar-refractivity contribution in [1.29, 1.82) is 0 Å². The largest absolute Gasteiger partial charge is 0.381 e. The summed E-state index contributed by atoms with van der Waals surface area (Å²) < 4.78 is 18.5. The zero-order valence-corrected chi connectivity index (χ0v) is 12.5. The number of hydrogen-bond donors (Lipinski definition) is 0. The van der Waals surface area contributed by atoms with Crippen molar-refractivity contribution >= 4 is 17.5 Å². The lowest BCUT2D eigenvalue weighted by molar-refractivity contribution is 0.00917. The van der Waals surface area contributed by atoms with Gasteiger partial charge in [0.1, 0.15) is 5.82 Å². The minimum atomic E-state index is -0.512. The van der Waals surface area contributed by atoms with Crippen molar-refractivity contribution in [3.63, 3.8) is 0 Å². The molecule has 0 radical (unpaired) electrons. The lowest BCUT2D eigenvalue weighted by Crippen LogP contribution is -2.40. The fourth-order valence-electron chi connectivity index (χ4n) is 2.52. The van der Waals surface area contributed by atoms with Crippen LogP contribution in [-0.2, 0) is 4.74 Å². The molecule has 1 aliphatic heterocycles. The fourth-order valence-corrected chi connectivity index (χ4v) is 2.70. The Bertz CT molecular complexity index is 501. The first-order valence-corrected chi connectivity index (χ1v) is 7.07. The molecule has 0 aromatic heterocycles. The maximum atomic E-state index is 13.1. The van der Waals surface area contributed by atoms with Gasteiger partial charge in [-0.15, -0.1) is 0 Å². The lowest BCUT2D eigenvalue weighted by Gasteiger charge is -2.36. The second kappa shape index (κ2) is 6.10. The van der Waals surface area contributed by atoms with Gasteiger partial charge in [0.25, 0.3) is 5.91 Å². The predicted octanol–water partition coefficient (Wildman–Crippen LogP) is 3.37. The van der Waals surface area contributed by atoms with Gasteiger partial charge in [-0.25, -0.2) is 4.39 Å². The number of rotatable bonds is 3. The van der Waals surface area contributed by atoms with Crippen molar-refractivity contribution in [1.82, 2.24) is 4.90 Å². The summed E-state index contributed by atoms with van der Waals surface area (Å²) in [5.41, 5.74) is 0.488. The van der Waals surface area contributed by atoms with Crippen LogP contribution in [0.2, 0.25) is 5.02 Å². The van der Waals surface area contributed by atoms with E-state index >= 15 is 0 Å². The van der Waals surface area contributed by atoms with Crippen molar-refractivity contribution in [2.45, 2.75) is 19.8 Å². The topological polar surface area (TPSA) is 29.5 Å². The van der Waals surface area contributed by atoms with Gasteiger partial charge in [-0.05, 0) is 36.5 Å². The number of nitrogens with zero attached hydrogens (tertiary/aromatic N) is 1. The van der Waals surface area contributed by atoms with Crippen LogP contribution >= 0.6 is 11.6 Å². The van der Waals surface area contributed by atoms with Crippen molar-refractivity contribution in [2.75, 3.05) is 26.8 Å². The van der Waals surface area contributed by atoms with Crippen LogP contribution in [0, 0.1) is 11.2 Å². The normalized spacial score (nSPS) is 17.8. The van der Waals surface area contributed by atoms with E-state index in [1.807, 2.05) is 0 Å². The number of benzene rings is 1. The summed E-state index contributed by atoms with van der Waals surface area (Å²) in [6, 6.07) is 4.06. The number of hydrogen-bond acceptors (Lipinski definition) is 2. The molecule has 110 valence electrons. The van der Waals surface area contributed by atoms with Gasteiger partial charge in [0.05, 0.1) is 5.02 Å². The molecule has 0 atom stereocenters. The molecule has 2 rings (SSSR count). The van der Waals surface area contributed by atoms with Crippen LogP contribution in [0.15, 0.2) is 18.2 Å². The maximum absolute atomic E-state index is 13.1. The Morgan fingerprint density at radius 1 is 1.45 bits per heavy atom. The number of carbonyl (C=O) groups excluding carboxylic acids is 1. The first-order valence-electron chi connectivity index (χ1n) is 6.70. The first kappa shape index (κ1) is 15.3. The molecule has 20 heavy (non-hydrogen) atoms. The second-order valence-electron chi connectivity index (χ2n) is 5.71. The van der Waals surface area contributed by atoms with Gasteiger partial charge in [0, 0.05) is 32.4 Å². The summed E-state index contributed by atoms with van der Waals surface area (Å²) >= 11 is 5.72. The molecule has 0 N–H and O–H groups in total. The van der Waals surface area contributed by atoms with Gasteiger partial charge in [-0.1, -0.05) is 18.5 Å². The molecule has 1 aromatic carbocycles. The van der Waals surface area contributed by atoms with E-state index < -0.39 is 5.82 Å².